The Bertz CT molecular complexity index is 698. The van der Waals surface area contributed by atoms with Crippen LogP contribution in [0, 0.1) is 0 Å². The van der Waals surface area contributed by atoms with Crippen molar-refractivity contribution in [1.82, 2.24) is 15.5 Å². The molecular weight excluding hydrogens is 340 g/mol. The van der Waals surface area contributed by atoms with Crippen molar-refractivity contribution in [2.75, 3.05) is 51.3 Å². The zero-order valence-electron chi connectivity index (χ0n) is 15.9. The first-order valence-corrected chi connectivity index (χ1v) is 9.41. The van der Waals surface area contributed by atoms with Crippen LogP contribution >= 0.6 is 0 Å². The van der Waals surface area contributed by atoms with Gasteiger partial charge >= 0.3 is 6.03 Å². The molecule has 1 heterocycles. The van der Waals surface area contributed by atoms with Crippen LogP contribution in [-0.2, 0) is 6.54 Å². The van der Waals surface area contributed by atoms with E-state index in [1.165, 1.54) is 5.69 Å². The van der Waals surface area contributed by atoms with Crippen LogP contribution in [0.5, 0.6) is 5.75 Å². The summed E-state index contributed by atoms with van der Waals surface area (Å²) in [7, 11) is 1.68. The summed E-state index contributed by atoms with van der Waals surface area (Å²) in [5.41, 5.74) is 2.33. The number of amides is 2. The van der Waals surface area contributed by atoms with Crippen molar-refractivity contribution in [2.24, 2.45) is 0 Å². The Morgan fingerprint density at radius 3 is 2.33 bits per heavy atom. The van der Waals surface area contributed by atoms with E-state index in [0.717, 1.165) is 44.0 Å². The lowest BCUT2D eigenvalue weighted by Gasteiger charge is -2.36. The summed E-state index contributed by atoms with van der Waals surface area (Å²) in [5.74, 6) is 0.883. The highest BCUT2D eigenvalue weighted by molar-refractivity contribution is 5.73. The van der Waals surface area contributed by atoms with Gasteiger partial charge in [-0.05, 0) is 29.8 Å². The molecule has 1 aliphatic heterocycles. The van der Waals surface area contributed by atoms with Gasteiger partial charge < -0.3 is 20.3 Å². The Balaban J connectivity index is 1.31. The standard InChI is InChI=1S/C21H28N4O2/c1-27-20-9-7-19(8-10-20)25-15-13-24(14-16-25)12-11-22-21(26)23-17-18-5-3-2-4-6-18/h2-10H,11-17H2,1H3,(H2,22,23,26). The van der Waals surface area contributed by atoms with E-state index < -0.39 is 0 Å². The van der Waals surface area contributed by atoms with Gasteiger partial charge in [0.05, 0.1) is 7.11 Å². The first kappa shape index (κ1) is 19.0. The number of urea groups is 1. The van der Waals surface area contributed by atoms with Crippen LogP contribution in [0.4, 0.5) is 10.5 Å². The number of hydrogen-bond donors (Lipinski definition) is 2. The highest BCUT2D eigenvalue weighted by Gasteiger charge is 2.17. The van der Waals surface area contributed by atoms with Crippen LogP contribution in [-0.4, -0.2) is 57.3 Å². The average molecular weight is 368 g/mol. The lowest BCUT2D eigenvalue weighted by atomic mass is 10.2. The number of hydrogen-bond acceptors (Lipinski definition) is 4. The predicted molar refractivity (Wildman–Crippen MR) is 108 cm³/mol. The molecule has 6 nitrogen and oxygen atoms in total. The largest absolute Gasteiger partial charge is 0.497 e. The fourth-order valence-corrected chi connectivity index (χ4v) is 3.19. The molecule has 3 rings (SSSR count). The van der Waals surface area contributed by atoms with E-state index in [1.54, 1.807) is 7.11 Å². The maximum Gasteiger partial charge on any atom is 0.315 e. The van der Waals surface area contributed by atoms with E-state index in [1.807, 2.05) is 42.5 Å². The van der Waals surface area contributed by atoms with Crippen molar-refractivity contribution in [3.05, 3.63) is 60.2 Å². The number of rotatable bonds is 7. The molecule has 0 bridgehead atoms. The molecule has 0 spiro atoms. The van der Waals surface area contributed by atoms with Crippen molar-refractivity contribution in [2.45, 2.75) is 6.54 Å². The van der Waals surface area contributed by atoms with E-state index in [-0.39, 0.29) is 6.03 Å². The fraction of sp³-hybridized carbons (Fsp3) is 0.381. The molecule has 2 aromatic rings. The normalized spacial score (nSPS) is 14.6. The van der Waals surface area contributed by atoms with Crippen LogP contribution in [0.3, 0.4) is 0 Å². The Labute approximate surface area is 161 Å². The molecular formula is C21H28N4O2. The molecule has 1 aliphatic rings. The highest BCUT2D eigenvalue weighted by Crippen LogP contribution is 2.20. The van der Waals surface area contributed by atoms with Gasteiger partial charge in [0.15, 0.2) is 0 Å². The van der Waals surface area contributed by atoms with Crippen LogP contribution < -0.4 is 20.3 Å². The molecule has 0 aliphatic carbocycles. The minimum Gasteiger partial charge on any atom is -0.497 e. The molecule has 0 atom stereocenters. The van der Waals surface area contributed by atoms with Crippen molar-refractivity contribution in [3.8, 4) is 5.75 Å². The number of carbonyl (C=O) groups excluding carboxylic acids is 1. The number of benzene rings is 2. The molecule has 0 radical (unpaired) electrons. The first-order chi connectivity index (χ1) is 13.2. The molecule has 1 fully saturated rings. The third-order valence-corrected chi connectivity index (χ3v) is 4.82. The number of anilines is 1. The number of nitrogens with one attached hydrogen (secondary N) is 2. The smallest absolute Gasteiger partial charge is 0.315 e. The summed E-state index contributed by atoms with van der Waals surface area (Å²) in [6.07, 6.45) is 0. The van der Waals surface area contributed by atoms with Crippen LogP contribution in [0.25, 0.3) is 0 Å². The van der Waals surface area contributed by atoms with Gasteiger partial charge in [0, 0.05) is 51.5 Å². The van der Waals surface area contributed by atoms with Crippen molar-refractivity contribution in [1.29, 1.82) is 0 Å². The van der Waals surface area contributed by atoms with Crippen LogP contribution in [0.15, 0.2) is 54.6 Å². The molecule has 6 heteroatoms. The van der Waals surface area contributed by atoms with Gasteiger partial charge in [-0.2, -0.15) is 0 Å². The molecule has 27 heavy (non-hydrogen) atoms. The van der Waals surface area contributed by atoms with Crippen molar-refractivity contribution < 1.29 is 9.53 Å². The maximum absolute atomic E-state index is 11.9. The fourth-order valence-electron chi connectivity index (χ4n) is 3.19. The van der Waals surface area contributed by atoms with Crippen LogP contribution in [0.1, 0.15) is 5.56 Å². The Morgan fingerprint density at radius 2 is 1.67 bits per heavy atom. The van der Waals surface area contributed by atoms with Crippen molar-refractivity contribution in [3.63, 3.8) is 0 Å². The lowest BCUT2D eigenvalue weighted by molar-refractivity contribution is 0.231. The van der Waals surface area contributed by atoms with Gasteiger partial charge in [-0.15, -0.1) is 0 Å². The molecule has 2 aromatic carbocycles. The number of methoxy groups -OCH3 is 1. The summed E-state index contributed by atoms with van der Waals surface area (Å²) in [4.78, 5) is 16.7. The monoisotopic (exact) mass is 368 g/mol. The van der Waals surface area contributed by atoms with E-state index in [0.29, 0.717) is 13.1 Å². The summed E-state index contributed by atoms with van der Waals surface area (Å²) >= 11 is 0. The Morgan fingerprint density at radius 1 is 0.963 bits per heavy atom. The number of piperazine rings is 1. The van der Waals surface area contributed by atoms with Crippen LogP contribution in [0.2, 0.25) is 0 Å². The molecule has 0 aromatic heterocycles. The van der Waals surface area contributed by atoms with E-state index in [4.69, 9.17) is 4.74 Å². The number of nitrogens with zero attached hydrogens (tertiary/aromatic N) is 2. The Kier molecular flexibility index (Phi) is 6.93. The van der Waals surface area contributed by atoms with E-state index in [9.17, 15) is 4.79 Å². The Hall–Kier alpha value is -2.73. The van der Waals surface area contributed by atoms with Gasteiger partial charge in [0.2, 0.25) is 0 Å². The zero-order valence-corrected chi connectivity index (χ0v) is 15.9. The van der Waals surface area contributed by atoms with E-state index in [2.05, 4.69) is 32.6 Å². The summed E-state index contributed by atoms with van der Waals surface area (Å²) in [5, 5.41) is 5.82. The van der Waals surface area contributed by atoms with Gasteiger partial charge in [-0.3, -0.25) is 4.90 Å². The minimum atomic E-state index is -0.115. The second kappa shape index (κ2) is 9.83. The van der Waals surface area contributed by atoms with Crippen molar-refractivity contribution >= 4 is 11.7 Å². The topological polar surface area (TPSA) is 56.8 Å². The predicted octanol–water partition coefficient (Wildman–Crippen LogP) is 2.32. The summed E-state index contributed by atoms with van der Waals surface area (Å²) in [6.45, 7) is 6.06. The van der Waals surface area contributed by atoms with Gasteiger partial charge in [-0.1, -0.05) is 30.3 Å². The SMILES string of the molecule is COc1ccc(N2CCN(CCNC(=O)NCc3ccccc3)CC2)cc1. The molecule has 0 unspecified atom stereocenters. The summed E-state index contributed by atoms with van der Waals surface area (Å²) in [6, 6.07) is 18.0. The second-order valence-electron chi connectivity index (χ2n) is 6.62. The zero-order chi connectivity index (χ0) is 18.9. The molecule has 1 saturated heterocycles. The second-order valence-corrected chi connectivity index (χ2v) is 6.62. The number of carbonyl (C=O) groups is 1. The van der Waals surface area contributed by atoms with Gasteiger partial charge in [-0.25, -0.2) is 4.79 Å². The quantitative estimate of drug-likeness (QED) is 0.788. The lowest BCUT2D eigenvalue weighted by Crippen LogP contribution is -2.49. The molecule has 2 amide bonds. The minimum absolute atomic E-state index is 0.115. The van der Waals surface area contributed by atoms with Gasteiger partial charge in [0.1, 0.15) is 5.75 Å². The maximum atomic E-state index is 11.9. The molecule has 0 saturated carbocycles. The molecule has 2 N–H and O–H groups in total. The average Bonchev–Trinajstić information content (AvgIpc) is 2.74. The van der Waals surface area contributed by atoms with E-state index >= 15 is 0 Å². The molecule has 144 valence electrons. The first-order valence-electron chi connectivity index (χ1n) is 9.41. The third-order valence-electron chi connectivity index (χ3n) is 4.82. The number of ether oxygens (including phenoxy) is 1. The summed E-state index contributed by atoms with van der Waals surface area (Å²) < 4.78 is 5.21. The highest BCUT2D eigenvalue weighted by atomic mass is 16.5. The van der Waals surface area contributed by atoms with Gasteiger partial charge in [0.25, 0.3) is 0 Å². The third kappa shape index (κ3) is 5.89.